The van der Waals surface area contributed by atoms with Gasteiger partial charge in [0.25, 0.3) is 10.0 Å². The number of aromatic nitrogens is 1. The number of halogens is 2. The van der Waals surface area contributed by atoms with Gasteiger partial charge in [-0.3, -0.25) is 9.71 Å². The number of hydrogen-bond donors (Lipinski definition) is 2. The van der Waals surface area contributed by atoms with Gasteiger partial charge in [-0.15, -0.1) is 0 Å². The summed E-state index contributed by atoms with van der Waals surface area (Å²) in [5.41, 5.74) is 6.58. The molecule has 5 nitrogen and oxygen atoms in total. The van der Waals surface area contributed by atoms with Crippen molar-refractivity contribution >= 4 is 43.2 Å². The molecular formula is C12H11BrClN3O2S. The Morgan fingerprint density at radius 3 is 2.75 bits per heavy atom. The van der Waals surface area contributed by atoms with E-state index in [4.69, 9.17) is 17.3 Å². The van der Waals surface area contributed by atoms with Crippen molar-refractivity contribution < 1.29 is 8.42 Å². The molecule has 0 fully saturated rings. The molecule has 0 saturated carbocycles. The molecule has 0 aliphatic carbocycles. The number of rotatable bonds is 4. The van der Waals surface area contributed by atoms with Crippen LogP contribution in [-0.4, -0.2) is 13.4 Å². The number of sulfonamides is 1. The molecule has 0 radical (unpaired) electrons. The highest BCUT2D eigenvalue weighted by Crippen LogP contribution is 2.27. The summed E-state index contributed by atoms with van der Waals surface area (Å²) in [5, 5.41) is 0.139. The fraction of sp³-hybridized carbons (Fsp3) is 0.0833. The van der Waals surface area contributed by atoms with Crippen LogP contribution >= 0.6 is 27.5 Å². The van der Waals surface area contributed by atoms with Crippen LogP contribution in [0.3, 0.4) is 0 Å². The molecule has 3 N–H and O–H groups in total. The molecule has 0 aliphatic heterocycles. The minimum Gasteiger partial charge on any atom is -0.326 e. The molecule has 0 bridgehead atoms. The largest absolute Gasteiger partial charge is 0.326 e. The van der Waals surface area contributed by atoms with E-state index in [1.807, 2.05) is 0 Å². The van der Waals surface area contributed by atoms with Gasteiger partial charge in [-0.05, 0) is 39.7 Å². The Bertz CT molecular complexity index is 737. The van der Waals surface area contributed by atoms with Crippen LogP contribution in [0.4, 0.5) is 5.69 Å². The van der Waals surface area contributed by atoms with E-state index in [9.17, 15) is 8.42 Å². The van der Waals surface area contributed by atoms with Gasteiger partial charge in [-0.25, -0.2) is 8.42 Å². The van der Waals surface area contributed by atoms with Crippen molar-refractivity contribution in [1.29, 1.82) is 0 Å². The highest BCUT2D eigenvalue weighted by molar-refractivity contribution is 9.10. The van der Waals surface area contributed by atoms with Crippen LogP contribution < -0.4 is 10.5 Å². The molecular weight excluding hydrogens is 366 g/mol. The second-order valence-corrected chi connectivity index (χ2v) is 6.84. The summed E-state index contributed by atoms with van der Waals surface area (Å²) in [7, 11) is -3.79. The molecule has 106 valence electrons. The molecule has 0 unspecified atom stereocenters. The predicted molar refractivity (Wildman–Crippen MR) is 82.1 cm³/mol. The SMILES string of the molecule is NCc1ccc(Cl)c(S(=O)(=O)Nc2ccncc2Br)c1. The average molecular weight is 377 g/mol. The first-order valence-corrected chi connectivity index (χ1v) is 8.20. The Balaban J connectivity index is 2.43. The molecule has 2 rings (SSSR count). The highest BCUT2D eigenvalue weighted by atomic mass is 79.9. The Labute approximate surface area is 130 Å². The summed E-state index contributed by atoms with van der Waals surface area (Å²) in [5.74, 6) is 0. The molecule has 0 amide bonds. The summed E-state index contributed by atoms with van der Waals surface area (Å²) in [6.07, 6.45) is 2.98. The topological polar surface area (TPSA) is 85.1 Å². The van der Waals surface area contributed by atoms with E-state index in [2.05, 4.69) is 25.6 Å². The molecule has 1 aromatic carbocycles. The fourth-order valence-corrected chi connectivity index (χ4v) is 3.65. The first kappa shape index (κ1) is 15.2. The van der Waals surface area contributed by atoms with Crippen LogP contribution in [0.25, 0.3) is 0 Å². The molecule has 20 heavy (non-hydrogen) atoms. The van der Waals surface area contributed by atoms with Gasteiger partial charge in [-0.2, -0.15) is 0 Å². The number of nitrogens with one attached hydrogen (secondary N) is 1. The van der Waals surface area contributed by atoms with E-state index in [1.165, 1.54) is 24.5 Å². The van der Waals surface area contributed by atoms with E-state index >= 15 is 0 Å². The summed E-state index contributed by atoms with van der Waals surface area (Å²) in [6.45, 7) is 0.235. The third kappa shape index (κ3) is 3.29. The quantitative estimate of drug-likeness (QED) is 0.859. The van der Waals surface area contributed by atoms with Crippen LogP contribution in [0.2, 0.25) is 5.02 Å². The van der Waals surface area contributed by atoms with Crippen LogP contribution in [0.5, 0.6) is 0 Å². The Morgan fingerprint density at radius 1 is 1.35 bits per heavy atom. The van der Waals surface area contributed by atoms with E-state index in [0.717, 1.165) is 0 Å². The lowest BCUT2D eigenvalue weighted by Crippen LogP contribution is -2.14. The maximum atomic E-state index is 12.4. The smallest absolute Gasteiger partial charge is 0.263 e. The lowest BCUT2D eigenvalue weighted by atomic mass is 10.2. The predicted octanol–water partition coefficient (Wildman–Crippen LogP) is 2.76. The summed E-state index contributed by atoms with van der Waals surface area (Å²) < 4.78 is 27.7. The molecule has 0 saturated heterocycles. The standard InChI is InChI=1S/C12H11BrClN3O2S/c13-9-7-16-4-3-11(9)17-20(18,19)12-5-8(6-15)1-2-10(12)14/h1-5,7H,6,15H2,(H,16,17). The second kappa shape index (κ2) is 6.09. The van der Waals surface area contributed by atoms with E-state index < -0.39 is 10.0 Å². The normalized spacial score (nSPS) is 11.3. The van der Waals surface area contributed by atoms with Crippen LogP contribution in [-0.2, 0) is 16.6 Å². The molecule has 8 heteroatoms. The van der Waals surface area contributed by atoms with E-state index in [1.54, 1.807) is 12.1 Å². The van der Waals surface area contributed by atoms with Crippen LogP contribution in [0.15, 0.2) is 46.0 Å². The number of pyridine rings is 1. The average Bonchev–Trinajstić information content (AvgIpc) is 2.41. The lowest BCUT2D eigenvalue weighted by molar-refractivity contribution is 0.601. The van der Waals surface area contributed by atoms with E-state index in [0.29, 0.717) is 15.7 Å². The van der Waals surface area contributed by atoms with Crippen molar-refractivity contribution in [2.24, 2.45) is 5.73 Å². The highest BCUT2D eigenvalue weighted by Gasteiger charge is 2.19. The van der Waals surface area contributed by atoms with Crippen molar-refractivity contribution in [3.63, 3.8) is 0 Å². The van der Waals surface area contributed by atoms with Crippen LogP contribution in [0, 0.1) is 0 Å². The van der Waals surface area contributed by atoms with Crippen molar-refractivity contribution in [2.45, 2.75) is 11.4 Å². The van der Waals surface area contributed by atoms with Gasteiger partial charge in [0.05, 0.1) is 15.2 Å². The van der Waals surface area contributed by atoms with Gasteiger partial charge in [0.1, 0.15) is 4.90 Å². The first-order valence-electron chi connectivity index (χ1n) is 5.55. The molecule has 1 heterocycles. The Kier molecular flexibility index (Phi) is 4.64. The zero-order chi connectivity index (χ0) is 14.8. The van der Waals surface area contributed by atoms with Gasteiger partial charge in [0, 0.05) is 18.9 Å². The molecule has 0 aliphatic rings. The third-order valence-electron chi connectivity index (χ3n) is 2.54. The van der Waals surface area contributed by atoms with Gasteiger partial charge in [0.2, 0.25) is 0 Å². The maximum Gasteiger partial charge on any atom is 0.263 e. The molecule has 2 aromatic rings. The van der Waals surface area contributed by atoms with Crippen molar-refractivity contribution in [2.75, 3.05) is 4.72 Å². The van der Waals surface area contributed by atoms with Crippen LogP contribution in [0.1, 0.15) is 5.56 Å². The van der Waals surface area contributed by atoms with Crippen molar-refractivity contribution in [3.8, 4) is 0 Å². The third-order valence-corrected chi connectivity index (χ3v) is 5.02. The summed E-state index contributed by atoms with van der Waals surface area (Å²) in [4.78, 5) is 3.86. The minimum atomic E-state index is -3.79. The number of nitrogens with two attached hydrogens (primary N) is 1. The molecule has 0 atom stereocenters. The van der Waals surface area contributed by atoms with Crippen molar-refractivity contribution in [1.82, 2.24) is 4.98 Å². The monoisotopic (exact) mass is 375 g/mol. The van der Waals surface area contributed by atoms with Gasteiger partial charge in [-0.1, -0.05) is 17.7 Å². The lowest BCUT2D eigenvalue weighted by Gasteiger charge is -2.11. The zero-order valence-electron chi connectivity index (χ0n) is 10.2. The number of benzene rings is 1. The maximum absolute atomic E-state index is 12.4. The van der Waals surface area contributed by atoms with Gasteiger partial charge in [0.15, 0.2) is 0 Å². The number of hydrogen-bond acceptors (Lipinski definition) is 4. The van der Waals surface area contributed by atoms with E-state index in [-0.39, 0.29) is 16.5 Å². The number of anilines is 1. The van der Waals surface area contributed by atoms with Gasteiger partial charge >= 0.3 is 0 Å². The Morgan fingerprint density at radius 2 is 2.10 bits per heavy atom. The molecule has 0 spiro atoms. The zero-order valence-corrected chi connectivity index (χ0v) is 13.3. The fourth-order valence-electron chi connectivity index (χ4n) is 1.54. The Hall–Kier alpha value is -1.15. The minimum absolute atomic E-state index is 0.00849. The number of nitrogens with zero attached hydrogens (tertiary/aromatic N) is 1. The van der Waals surface area contributed by atoms with Crippen molar-refractivity contribution in [3.05, 3.63) is 51.7 Å². The van der Waals surface area contributed by atoms with Gasteiger partial charge < -0.3 is 5.73 Å². The molecule has 1 aromatic heterocycles. The summed E-state index contributed by atoms with van der Waals surface area (Å²) in [6, 6.07) is 6.20. The first-order chi connectivity index (χ1) is 9.44. The second-order valence-electron chi connectivity index (χ2n) is 3.93. The summed E-state index contributed by atoms with van der Waals surface area (Å²) >= 11 is 9.19.